The average molecular weight is 485 g/mol. The number of piperazine rings is 1. The van der Waals surface area contributed by atoms with E-state index in [0.717, 1.165) is 26.2 Å². The molecule has 0 saturated carbocycles. The van der Waals surface area contributed by atoms with Crippen LogP contribution in [0.15, 0.2) is 48.5 Å². The lowest BCUT2D eigenvalue weighted by molar-refractivity contribution is -0.135. The summed E-state index contributed by atoms with van der Waals surface area (Å²) in [4.78, 5) is 33.4. The second-order valence-electron chi connectivity index (χ2n) is 9.05. The molecule has 0 aliphatic carbocycles. The molecular weight excluding hydrogens is 452 g/mol. The number of rotatable bonds is 6. The van der Waals surface area contributed by atoms with Gasteiger partial charge in [0.1, 0.15) is 11.8 Å². The van der Waals surface area contributed by atoms with Gasteiger partial charge >= 0.3 is 0 Å². The molecule has 0 radical (unpaired) electrons. The van der Waals surface area contributed by atoms with Crippen LogP contribution < -0.4 is 10.1 Å². The van der Waals surface area contributed by atoms with Crippen molar-refractivity contribution in [3.8, 4) is 5.75 Å². The van der Waals surface area contributed by atoms with E-state index in [1.807, 2.05) is 17.0 Å². The Bertz CT molecular complexity index is 984. The number of carbonyl (C=O) groups excluding carboxylic acids is 2. The van der Waals surface area contributed by atoms with Crippen molar-refractivity contribution < 1.29 is 14.3 Å². The van der Waals surface area contributed by atoms with E-state index in [9.17, 15) is 9.59 Å². The zero-order valence-electron chi connectivity index (χ0n) is 19.9. The van der Waals surface area contributed by atoms with Crippen molar-refractivity contribution in [3.05, 3.63) is 64.7 Å². The molecule has 0 aromatic heterocycles. The van der Waals surface area contributed by atoms with Crippen molar-refractivity contribution in [2.45, 2.75) is 24.9 Å². The molecule has 8 heteroatoms. The van der Waals surface area contributed by atoms with Gasteiger partial charge in [-0.1, -0.05) is 29.8 Å². The standard InChI is InChI=1S/C26H33ClN4O3/c1-29-13-11-20(12-14-29)30-15-17-31(18-16-30)26(33)24(22-5-3-4-6-23(22)27)28-25(32)19-7-9-21(34-2)10-8-19/h3-10,20,24H,11-18H2,1-2H3,(H,28,32)/t24-/m0/s1. The van der Waals surface area contributed by atoms with Gasteiger partial charge in [-0.15, -0.1) is 0 Å². The first-order chi connectivity index (χ1) is 16.5. The van der Waals surface area contributed by atoms with E-state index < -0.39 is 6.04 Å². The molecule has 0 spiro atoms. The van der Waals surface area contributed by atoms with Crippen molar-refractivity contribution >= 4 is 23.4 Å². The Morgan fingerprint density at radius 1 is 0.971 bits per heavy atom. The molecule has 2 aliphatic heterocycles. The summed E-state index contributed by atoms with van der Waals surface area (Å²) in [5, 5.41) is 3.39. The van der Waals surface area contributed by atoms with Crippen molar-refractivity contribution in [1.29, 1.82) is 0 Å². The number of methoxy groups -OCH3 is 1. The largest absolute Gasteiger partial charge is 0.497 e. The summed E-state index contributed by atoms with van der Waals surface area (Å²) < 4.78 is 5.17. The minimum Gasteiger partial charge on any atom is -0.497 e. The third-order valence-electron chi connectivity index (χ3n) is 6.92. The third kappa shape index (κ3) is 5.71. The van der Waals surface area contributed by atoms with E-state index >= 15 is 0 Å². The summed E-state index contributed by atoms with van der Waals surface area (Å²) in [6.45, 7) is 5.23. The zero-order valence-corrected chi connectivity index (χ0v) is 20.6. The minimum atomic E-state index is -0.849. The van der Waals surface area contributed by atoms with Gasteiger partial charge in [-0.25, -0.2) is 0 Å². The summed E-state index contributed by atoms with van der Waals surface area (Å²) in [5.74, 6) is 0.210. The Labute approximate surface area is 206 Å². The van der Waals surface area contributed by atoms with Gasteiger partial charge in [-0.3, -0.25) is 14.5 Å². The highest BCUT2D eigenvalue weighted by atomic mass is 35.5. The highest BCUT2D eigenvalue weighted by Gasteiger charge is 2.33. The van der Waals surface area contributed by atoms with E-state index in [1.54, 1.807) is 43.5 Å². The first-order valence-electron chi connectivity index (χ1n) is 11.9. The molecule has 1 atom stereocenters. The number of likely N-dealkylation sites (tertiary alicyclic amines) is 1. The number of carbonyl (C=O) groups is 2. The molecule has 4 rings (SSSR count). The molecule has 2 aliphatic rings. The summed E-state index contributed by atoms with van der Waals surface area (Å²) in [6.07, 6.45) is 2.34. The molecule has 2 heterocycles. The van der Waals surface area contributed by atoms with Crippen LogP contribution >= 0.6 is 11.6 Å². The van der Waals surface area contributed by atoms with E-state index in [4.69, 9.17) is 16.3 Å². The van der Waals surface area contributed by atoms with Crippen LogP contribution in [-0.4, -0.2) is 86.0 Å². The first kappa shape index (κ1) is 24.5. The van der Waals surface area contributed by atoms with Crippen LogP contribution in [0.3, 0.4) is 0 Å². The highest BCUT2D eigenvalue weighted by Crippen LogP contribution is 2.26. The molecule has 7 nitrogen and oxygen atoms in total. The quantitative estimate of drug-likeness (QED) is 0.682. The van der Waals surface area contributed by atoms with Gasteiger partial charge in [0.05, 0.1) is 7.11 Å². The van der Waals surface area contributed by atoms with Gasteiger partial charge in [-0.2, -0.15) is 0 Å². The van der Waals surface area contributed by atoms with Crippen LogP contribution in [-0.2, 0) is 4.79 Å². The van der Waals surface area contributed by atoms with E-state index in [2.05, 4.69) is 22.2 Å². The lowest BCUT2D eigenvalue weighted by Crippen LogP contribution is -2.55. The molecule has 0 unspecified atom stereocenters. The SMILES string of the molecule is COc1ccc(C(=O)N[C@H](C(=O)N2CCN(C3CCN(C)CC3)CC2)c2ccccc2Cl)cc1. The van der Waals surface area contributed by atoms with Crippen molar-refractivity contribution in [3.63, 3.8) is 0 Å². The molecule has 34 heavy (non-hydrogen) atoms. The summed E-state index contributed by atoms with van der Waals surface area (Å²) in [7, 11) is 3.75. The maximum atomic E-state index is 13.7. The molecule has 2 saturated heterocycles. The van der Waals surface area contributed by atoms with Crippen LogP contribution in [0.25, 0.3) is 0 Å². The number of amides is 2. The Balaban J connectivity index is 1.46. The van der Waals surface area contributed by atoms with Crippen LogP contribution in [0.5, 0.6) is 5.75 Å². The maximum absolute atomic E-state index is 13.7. The number of hydrogen-bond acceptors (Lipinski definition) is 5. The Morgan fingerprint density at radius 3 is 2.24 bits per heavy atom. The molecular formula is C26H33ClN4O3. The van der Waals surface area contributed by atoms with E-state index in [-0.39, 0.29) is 11.8 Å². The highest BCUT2D eigenvalue weighted by molar-refractivity contribution is 6.31. The number of nitrogens with one attached hydrogen (secondary N) is 1. The molecule has 2 aromatic carbocycles. The Morgan fingerprint density at radius 2 is 1.62 bits per heavy atom. The number of halogens is 1. The van der Waals surface area contributed by atoms with Crippen LogP contribution in [0, 0.1) is 0 Å². The lowest BCUT2D eigenvalue weighted by atomic mass is 10.0. The molecule has 182 valence electrons. The summed E-state index contributed by atoms with van der Waals surface area (Å²) in [6, 6.07) is 13.7. The van der Waals surface area contributed by atoms with Crippen molar-refractivity contribution in [1.82, 2.24) is 20.0 Å². The molecule has 1 N–H and O–H groups in total. The van der Waals surface area contributed by atoms with Crippen LogP contribution in [0.4, 0.5) is 0 Å². The summed E-state index contributed by atoms with van der Waals surface area (Å²) in [5.41, 5.74) is 1.06. The second kappa shape index (κ2) is 11.2. The molecule has 2 aromatic rings. The minimum absolute atomic E-state index is 0.127. The van der Waals surface area contributed by atoms with Gasteiger partial charge in [0, 0.05) is 48.4 Å². The van der Waals surface area contributed by atoms with Crippen LogP contribution in [0.1, 0.15) is 34.8 Å². The first-order valence-corrected chi connectivity index (χ1v) is 12.2. The maximum Gasteiger partial charge on any atom is 0.252 e. The monoisotopic (exact) mass is 484 g/mol. The number of hydrogen-bond donors (Lipinski definition) is 1. The van der Waals surface area contributed by atoms with E-state index in [1.165, 1.54) is 12.8 Å². The molecule has 2 fully saturated rings. The Kier molecular flexibility index (Phi) is 8.08. The normalized spacial score (nSPS) is 19.0. The van der Waals surface area contributed by atoms with Crippen molar-refractivity contribution in [2.75, 3.05) is 53.4 Å². The van der Waals surface area contributed by atoms with Gasteiger partial charge in [0.2, 0.25) is 5.91 Å². The summed E-state index contributed by atoms with van der Waals surface area (Å²) >= 11 is 6.46. The third-order valence-corrected chi connectivity index (χ3v) is 7.27. The van der Waals surface area contributed by atoms with E-state index in [0.29, 0.717) is 41.0 Å². The Hall–Kier alpha value is -2.61. The predicted molar refractivity (Wildman–Crippen MR) is 133 cm³/mol. The van der Waals surface area contributed by atoms with Gasteiger partial charge < -0.3 is 19.9 Å². The number of nitrogens with zero attached hydrogens (tertiary/aromatic N) is 3. The molecule has 0 bridgehead atoms. The second-order valence-corrected chi connectivity index (χ2v) is 9.46. The fourth-order valence-electron chi connectivity index (χ4n) is 4.79. The predicted octanol–water partition coefficient (Wildman–Crippen LogP) is 3.06. The number of benzene rings is 2. The van der Waals surface area contributed by atoms with Crippen LogP contribution in [0.2, 0.25) is 5.02 Å². The topological polar surface area (TPSA) is 65.1 Å². The van der Waals surface area contributed by atoms with Crippen molar-refractivity contribution in [2.24, 2.45) is 0 Å². The number of ether oxygens (including phenoxy) is 1. The molecule has 2 amide bonds. The van der Waals surface area contributed by atoms with Gasteiger partial charge in [0.25, 0.3) is 5.91 Å². The fourth-order valence-corrected chi connectivity index (χ4v) is 5.03. The lowest BCUT2D eigenvalue weighted by Gasteiger charge is -2.42. The average Bonchev–Trinajstić information content (AvgIpc) is 2.88. The number of piperidine rings is 1. The fraction of sp³-hybridized carbons (Fsp3) is 0.462. The zero-order chi connectivity index (χ0) is 24.1. The van der Waals surface area contributed by atoms with Gasteiger partial charge in [0.15, 0.2) is 0 Å². The smallest absolute Gasteiger partial charge is 0.252 e. The van der Waals surface area contributed by atoms with Gasteiger partial charge in [-0.05, 0) is 63.3 Å².